The Morgan fingerprint density at radius 3 is 2.40 bits per heavy atom. The van der Waals surface area contributed by atoms with Gasteiger partial charge in [0.05, 0.1) is 38.0 Å². The minimum Gasteiger partial charge on any atom is -0.493 e. The normalized spacial score (nSPS) is 11.6. The molecule has 0 spiro atoms. The molecule has 1 heterocycles. The predicted octanol–water partition coefficient (Wildman–Crippen LogP) is 1.79. The van der Waals surface area contributed by atoms with Crippen molar-refractivity contribution >= 4 is 28.5 Å². The first kappa shape index (κ1) is 20.8. The van der Waals surface area contributed by atoms with Crippen molar-refractivity contribution in [3.63, 3.8) is 0 Å². The van der Waals surface area contributed by atoms with Crippen LogP contribution in [0.1, 0.15) is 23.3 Å². The molecule has 0 saturated carbocycles. The third kappa shape index (κ3) is 3.79. The van der Waals surface area contributed by atoms with Crippen LogP contribution in [-0.4, -0.2) is 48.2 Å². The third-order valence-corrected chi connectivity index (χ3v) is 4.52. The van der Waals surface area contributed by atoms with Crippen LogP contribution in [0.5, 0.6) is 11.5 Å². The molecule has 3 aromatic rings. The molecule has 1 aromatic heterocycles. The van der Waals surface area contributed by atoms with E-state index in [0.717, 1.165) is 4.68 Å². The number of rotatable bonds is 6. The lowest BCUT2D eigenvalue weighted by Gasteiger charge is -2.17. The van der Waals surface area contributed by atoms with E-state index in [1.165, 1.54) is 40.4 Å². The van der Waals surface area contributed by atoms with E-state index in [1.807, 2.05) is 0 Å². The third-order valence-electron chi connectivity index (χ3n) is 4.52. The Hall–Kier alpha value is -3.95. The number of esters is 1. The van der Waals surface area contributed by atoms with Gasteiger partial charge in [-0.05, 0) is 19.1 Å². The molecule has 0 bridgehead atoms. The Morgan fingerprint density at radius 2 is 1.73 bits per heavy atom. The summed E-state index contributed by atoms with van der Waals surface area (Å²) < 4.78 is 16.2. The molecule has 0 radical (unpaired) electrons. The summed E-state index contributed by atoms with van der Waals surface area (Å²) in [7, 11) is 4.07. The van der Waals surface area contributed by atoms with Crippen molar-refractivity contribution in [1.29, 1.82) is 0 Å². The topological polar surface area (TPSA) is 122 Å². The number of nitrogens with zero attached hydrogens (tertiary/aromatic N) is 3. The summed E-state index contributed by atoms with van der Waals surface area (Å²) in [6, 6.07) is 8.53. The van der Waals surface area contributed by atoms with Crippen molar-refractivity contribution in [2.45, 2.75) is 13.0 Å². The minimum atomic E-state index is -1.01. The summed E-state index contributed by atoms with van der Waals surface area (Å²) in [6.07, 6.45) is 0. The second kappa shape index (κ2) is 8.60. The van der Waals surface area contributed by atoms with Crippen LogP contribution < -0.4 is 20.3 Å². The lowest BCUT2D eigenvalue weighted by atomic mass is 10.1. The number of anilines is 1. The Morgan fingerprint density at radius 1 is 1.07 bits per heavy atom. The molecule has 10 heteroatoms. The molecular formula is C20H20N4O6. The molecule has 0 saturated heterocycles. The molecule has 1 amide bonds. The highest BCUT2D eigenvalue weighted by Crippen LogP contribution is 2.34. The smallest absolute Gasteiger partial charge is 0.340 e. The standard InChI is InChI=1S/C20H20N4O6/c1-11(24-19(26)12-7-5-6-8-14(12)22-23-24)18(25)21-15-10-17(29-3)16(28-2)9-13(15)20(27)30-4/h5-11H,1-4H3,(H,21,25). The number of aromatic nitrogens is 3. The van der Waals surface area contributed by atoms with Gasteiger partial charge in [0.1, 0.15) is 11.6 Å². The van der Waals surface area contributed by atoms with Crippen LogP contribution in [0.2, 0.25) is 0 Å². The molecular weight excluding hydrogens is 392 g/mol. The quantitative estimate of drug-likeness (QED) is 0.608. The van der Waals surface area contributed by atoms with Gasteiger partial charge in [-0.25, -0.2) is 4.79 Å². The molecule has 0 aliphatic heterocycles. The fourth-order valence-corrected chi connectivity index (χ4v) is 2.86. The number of amides is 1. The Bertz CT molecular complexity index is 1170. The molecule has 30 heavy (non-hydrogen) atoms. The zero-order valence-electron chi connectivity index (χ0n) is 16.8. The molecule has 3 rings (SSSR count). The van der Waals surface area contributed by atoms with E-state index in [9.17, 15) is 14.4 Å². The first-order chi connectivity index (χ1) is 14.4. The maximum Gasteiger partial charge on any atom is 0.340 e. The number of ether oxygens (including phenoxy) is 3. The van der Waals surface area contributed by atoms with E-state index in [1.54, 1.807) is 24.3 Å². The fourth-order valence-electron chi connectivity index (χ4n) is 2.86. The van der Waals surface area contributed by atoms with E-state index in [4.69, 9.17) is 14.2 Å². The summed E-state index contributed by atoms with van der Waals surface area (Å²) in [5.41, 5.74) is 0.175. The monoisotopic (exact) mass is 412 g/mol. The zero-order valence-corrected chi connectivity index (χ0v) is 16.8. The van der Waals surface area contributed by atoms with Crippen molar-refractivity contribution < 1.29 is 23.8 Å². The van der Waals surface area contributed by atoms with Crippen LogP contribution in [-0.2, 0) is 9.53 Å². The number of carbonyl (C=O) groups excluding carboxylic acids is 2. The Kier molecular flexibility index (Phi) is 5.95. The maximum atomic E-state index is 12.9. The van der Waals surface area contributed by atoms with E-state index in [0.29, 0.717) is 22.4 Å². The lowest BCUT2D eigenvalue weighted by Crippen LogP contribution is -2.34. The van der Waals surface area contributed by atoms with Crippen molar-refractivity contribution in [3.8, 4) is 11.5 Å². The lowest BCUT2D eigenvalue weighted by molar-refractivity contribution is -0.119. The van der Waals surface area contributed by atoms with Crippen LogP contribution in [0.25, 0.3) is 10.9 Å². The van der Waals surface area contributed by atoms with Crippen LogP contribution in [0.15, 0.2) is 41.2 Å². The van der Waals surface area contributed by atoms with Crippen LogP contribution in [0.4, 0.5) is 5.69 Å². The molecule has 1 atom stereocenters. The summed E-state index contributed by atoms with van der Waals surface area (Å²) in [5, 5.41) is 10.8. The minimum absolute atomic E-state index is 0.0626. The van der Waals surface area contributed by atoms with Crippen LogP contribution in [0, 0.1) is 0 Å². The highest BCUT2D eigenvalue weighted by atomic mass is 16.5. The molecule has 156 valence electrons. The zero-order chi connectivity index (χ0) is 21.8. The number of fused-ring (bicyclic) bond motifs is 1. The first-order valence-corrected chi connectivity index (χ1v) is 8.90. The summed E-state index contributed by atoms with van der Waals surface area (Å²) in [4.78, 5) is 37.7. The molecule has 2 aromatic carbocycles. The second-order valence-electron chi connectivity index (χ2n) is 6.27. The fraction of sp³-hybridized carbons (Fsp3) is 0.250. The maximum absolute atomic E-state index is 12.9. The summed E-state index contributed by atoms with van der Waals surface area (Å²) in [5.74, 6) is -0.669. The van der Waals surface area contributed by atoms with Crippen molar-refractivity contribution in [2.24, 2.45) is 0 Å². The number of carbonyl (C=O) groups is 2. The van der Waals surface area contributed by atoms with Gasteiger partial charge >= 0.3 is 5.97 Å². The van der Waals surface area contributed by atoms with Gasteiger partial charge in [0.15, 0.2) is 11.5 Å². The van der Waals surface area contributed by atoms with E-state index >= 15 is 0 Å². The highest BCUT2D eigenvalue weighted by molar-refractivity contribution is 6.03. The number of benzene rings is 2. The van der Waals surface area contributed by atoms with E-state index in [2.05, 4.69) is 15.6 Å². The molecule has 0 fully saturated rings. The summed E-state index contributed by atoms with van der Waals surface area (Å²) >= 11 is 0. The van der Waals surface area contributed by atoms with Gasteiger partial charge in [0, 0.05) is 12.1 Å². The molecule has 1 N–H and O–H groups in total. The van der Waals surface area contributed by atoms with Crippen LogP contribution in [0.3, 0.4) is 0 Å². The SMILES string of the molecule is COC(=O)c1cc(OC)c(OC)cc1NC(=O)C(C)n1nnc2ccccc2c1=O. The number of nitrogens with one attached hydrogen (secondary N) is 1. The largest absolute Gasteiger partial charge is 0.493 e. The first-order valence-electron chi connectivity index (χ1n) is 8.90. The predicted molar refractivity (Wildman–Crippen MR) is 108 cm³/mol. The summed E-state index contributed by atoms with van der Waals surface area (Å²) in [6.45, 7) is 1.50. The van der Waals surface area contributed by atoms with Gasteiger partial charge in [0.25, 0.3) is 5.56 Å². The van der Waals surface area contributed by atoms with Gasteiger partial charge in [-0.15, -0.1) is 5.10 Å². The number of hydrogen-bond acceptors (Lipinski definition) is 8. The van der Waals surface area contributed by atoms with Crippen molar-refractivity contribution in [1.82, 2.24) is 15.0 Å². The Balaban J connectivity index is 1.98. The van der Waals surface area contributed by atoms with Gasteiger partial charge in [-0.3, -0.25) is 9.59 Å². The molecule has 1 unspecified atom stereocenters. The highest BCUT2D eigenvalue weighted by Gasteiger charge is 2.23. The van der Waals surface area contributed by atoms with Gasteiger partial charge in [-0.1, -0.05) is 17.3 Å². The number of hydrogen-bond donors (Lipinski definition) is 1. The average Bonchev–Trinajstić information content (AvgIpc) is 2.78. The van der Waals surface area contributed by atoms with E-state index in [-0.39, 0.29) is 11.3 Å². The Labute approximate surface area is 171 Å². The van der Waals surface area contributed by atoms with Crippen molar-refractivity contribution in [2.75, 3.05) is 26.6 Å². The average molecular weight is 412 g/mol. The van der Waals surface area contributed by atoms with E-state index < -0.39 is 23.5 Å². The van der Waals surface area contributed by atoms with Gasteiger partial charge in [0.2, 0.25) is 5.91 Å². The molecule has 0 aliphatic rings. The second-order valence-corrected chi connectivity index (χ2v) is 6.27. The molecule has 0 aliphatic carbocycles. The number of methoxy groups -OCH3 is 3. The van der Waals surface area contributed by atoms with Crippen molar-refractivity contribution in [3.05, 3.63) is 52.3 Å². The van der Waals surface area contributed by atoms with Gasteiger partial charge < -0.3 is 19.5 Å². The molecule has 10 nitrogen and oxygen atoms in total. The van der Waals surface area contributed by atoms with Gasteiger partial charge in [-0.2, -0.15) is 4.68 Å². The van der Waals surface area contributed by atoms with Crippen LogP contribution >= 0.6 is 0 Å².